The van der Waals surface area contributed by atoms with E-state index in [2.05, 4.69) is 5.09 Å². The first-order chi connectivity index (χ1) is 20.1. The molecule has 244 valence electrons. The molecule has 3 unspecified atom stereocenters. The SMILES string of the molecule is COC[C@H](F)C(OC(OP(=O)(N[C@@H](C)C(=O)OC(C)C)Oc1ccccc1)[C@@H](COC(C)=O)OC(C)=O)[C@H](C)OC(C)=O. The van der Waals surface area contributed by atoms with Gasteiger partial charge < -0.3 is 32.9 Å². The zero-order valence-electron chi connectivity index (χ0n) is 25.5. The fraction of sp³-hybridized carbons (Fsp3) is 0.630. The van der Waals surface area contributed by atoms with Gasteiger partial charge >= 0.3 is 31.6 Å². The number of alkyl halides is 1. The number of hydrogen-bond donors (Lipinski definition) is 1. The minimum absolute atomic E-state index is 0.0260. The molecule has 1 aromatic carbocycles. The molecule has 0 saturated carbocycles. The van der Waals surface area contributed by atoms with Gasteiger partial charge in [-0.3, -0.25) is 23.7 Å². The zero-order valence-corrected chi connectivity index (χ0v) is 26.4. The standard InChI is InChI=1S/C27H41FNO13P/c1-16(2)37-26(33)17(3)29-43(34,41-22-12-10-9-11-13-22)42-27(24(39-21(7)32)15-36-19(5)30)40-25(23(28)14-35-8)18(4)38-20(6)31/h9-13,16-18,23-25,27H,14-15H2,1-8H3,(H,29,34)/t17-,18-,23-,24+,25?,27?,43?/m0/s1. The first-order valence-electron chi connectivity index (χ1n) is 13.3. The quantitative estimate of drug-likeness (QED) is 0.101. The lowest BCUT2D eigenvalue weighted by Crippen LogP contribution is -2.49. The Bertz CT molecular complexity index is 1090. The molecule has 1 aromatic rings. The van der Waals surface area contributed by atoms with Crippen LogP contribution in [0, 0.1) is 0 Å². The molecule has 0 saturated heterocycles. The minimum Gasteiger partial charge on any atom is -0.462 e. The molecule has 0 amide bonds. The average molecular weight is 638 g/mol. The number of ether oxygens (including phenoxy) is 6. The molecule has 0 aliphatic rings. The molecule has 1 N–H and O–H groups in total. The third-order valence-corrected chi connectivity index (χ3v) is 6.77. The van der Waals surface area contributed by atoms with Crippen molar-refractivity contribution in [1.29, 1.82) is 0 Å². The van der Waals surface area contributed by atoms with Gasteiger partial charge in [-0.2, -0.15) is 5.09 Å². The number of methoxy groups -OCH3 is 1. The predicted octanol–water partition coefficient (Wildman–Crippen LogP) is 3.26. The first kappa shape index (κ1) is 37.9. The molecule has 14 nitrogen and oxygen atoms in total. The first-order valence-corrected chi connectivity index (χ1v) is 14.9. The smallest absolute Gasteiger partial charge is 0.461 e. The lowest BCUT2D eigenvalue weighted by Gasteiger charge is -2.35. The van der Waals surface area contributed by atoms with E-state index in [1.54, 1.807) is 32.0 Å². The van der Waals surface area contributed by atoms with E-state index in [4.69, 9.17) is 37.5 Å². The molecular formula is C27H41FNO13P. The van der Waals surface area contributed by atoms with E-state index in [9.17, 15) is 23.7 Å². The summed E-state index contributed by atoms with van der Waals surface area (Å²) in [6.45, 7) is 7.86. The van der Waals surface area contributed by atoms with Gasteiger partial charge in [0.15, 0.2) is 12.3 Å². The summed E-state index contributed by atoms with van der Waals surface area (Å²) < 4.78 is 72.2. The lowest BCUT2D eigenvalue weighted by atomic mass is 10.1. The van der Waals surface area contributed by atoms with E-state index in [0.717, 1.165) is 20.8 Å². The summed E-state index contributed by atoms with van der Waals surface area (Å²) >= 11 is 0. The van der Waals surface area contributed by atoms with Gasteiger partial charge in [-0.15, -0.1) is 0 Å². The molecular weight excluding hydrogens is 596 g/mol. The third kappa shape index (κ3) is 14.8. The normalized spacial score (nSPS) is 16.9. The maximum atomic E-state index is 15.3. The summed E-state index contributed by atoms with van der Waals surface area (Å²) in [5.41, 5.74) is 0. The van der Waals surface area contributed by atoms with Gasteiger partial charge in [0.1, 0.15) is 30.6 Å². The van der Waals surface area contributed by atoms with Gasteiger partial charge in [0.05, 0.1) is 12.7 Å². The van der Waals surface area contributed by atoms with Gasteiger partial charge in [0, 0.05) is 27.9 Å². The van der Waals surface area contributed by atoms with Gasteiger partial charge in [-0.1, -0.05) is 18.2 Å². The fourth-order valence-electron chi connectivity index (χ4n) is 3.45. The van der Waals surface area contributed by atoms with Crippen LogP contribution in [0.1, 0.15) is 48.5 Å². The summed E-state index contributed by atoms with van der Waals surface area (Å²) in [5.74, 6) is -3.23. The Kier molecular flexibility index (Phi) is 16.4. The summed E-state index contributed by atoms with van der Waals surface area (Å²) in [6, 6.07) is 6.40. The van der Waals surface area contributed by atoms with Crippen molar-refractivity contribution in [2.24, 2.45) is 0 Å². The minimum atomic E-state index is -4.72. The highest BCUT2D eigenvalue weighted by molar-refractivity contribution is 7.52. The molecule has 0 bridgehead atoms. The van der Waals surface area contributed by atoms with Crippen molar-refractivity contribution in [2.75, 3.05) is 20.3 Å². The molecule has 0 aromatic heterocycles. The second-order valence-electron chi connectivity index (χ2n) is 9.55. The number of carbonyl (C=O) groups excluding carboxylic acids is 4. The molecule has 7 atom stereocenters. The molecule has 0 spiro atoms. The summed E-state index contributed by atoms with van der Waals surface area (Å²) in [7, 11) is -3.50. The van der Waals surface area contributed by atoms with Crippen LogP contribution in [0.3, 0.4) is 0 Å². The van der Waals surface area contributed by atoms with E-state index in [1.807, 2.05) is 0 Å². The summed E-state index contributed by atoms with van der Waals surface area (Å²) in [5, 5.41) is 2.44. The van der Waals surface area contributed by atoms with Gasteiger partial charge in [0.25, 0.3) is 0 Å². The van der Waals surface area contributed by atoms with E-state index in [1.165, 1.54) is 33.1 Å². The number of halogens is 1. The largest absolute Gasteiger partial charge is 0.462 e. The second-order valence-corrected chi connectivity index (χ2v) is 11.2. The van der Waals surface area contributed by atoms with Gasteiger partial charge in [-0.25, -0.2) is 8.96 Å². The molecule has 0 fully saturated rings. The molecule has 43 heavy (non-hydrogen) atoms. The molecule has 16 heteroatoms. The van der Waals surface area contributed by atoms with Crippen LogP contribution in [-0.4, -0.2) is 87.1 Å². The highest BCUT2D eigenvalue weighted by Crippen LogP contribution is 2.47. The van der Waals surface area contributed by atoms with Crippen LogP contribution in [0.15, 0.2) is 30.3 Å². The van der Waals surface area contributed by atoms with Crippen molar-refractivity contribution in [3.05, 3.63) is 30.3 Å². The summed E-state index contributed by atoms with van der Waals surface area (Å²) in [6.07, 6.45) is -9.06. The van der Waals surface area contributed by atoms with Crippen LogP contribution >= 0.6 is 7.75 Å². The van der Waals surface area contributed by atoms with E-state index in [0.29, 0.717) is 0 Å². The zero-order chi connectivity index (χ0) is 32.7. The Morgan fingerprint density at radius 3 is 2.00 bits per heavy atom. The Labute approximate surface area is 250 Å². The predicted molar refractivity (Wildman–Crippen MR) is 148 cm³/mol. The van der Waals surface area contributed by atoms with Crippen molar-refractivity contribution in [2.45, 2.75) is 91.4 Å². The maximum absolute atomic E-state index is 15.3. The van der Waals surface area contributed by atoms with E-state index in [-0.39, 0.29) is 5.75 Å². The third-order valence-electron chi connectivity index (χ3n) is 5.13. The van der Waals surface area contributed by atoms with Crippen LogP contribution in [0.4, 0.5) is 4.39 Å². The molecule has 0 aliphatic heterocycles. The second kappa shape index (κ2) is 18.5. The number of benzene rings is 1. The molecule has 0 radical (unpaired) electrons. The average Bonchev–Trinajstić information content (AvgIpc) is 2.88. The van der Waals surface area contributed by atoms with Crippen molar-refractivity contribution in [3.63, 3.8) is 0 Å². The highest BCUT2D eigenvalue weighted by Gasteiger charge is 2.43. The maximum Gasteiger partial charge on any atom is 0.461 e. The monoisotopic (exact) mass is 637 g/mol. The van der Waals surface area contributed by atoms with Crippen LogP contribution < -0.4 is 9.61 Å². The van der Waals surface area contributed by atoms with Crippen molar-refractivity contribution in [1.82, 2.24) is 5.09 Å². The highest BCUT2D eigenvalue weighted by atomic mass is 31.2. The number of hydrogen-bond acceptors (Lipinski definition) is 13. The number of rotatable bonds is 19. The number of esters is 4. The van der Waals surface area contributed by atoms with Gasteiger partial charge in [0.2, 0.25) is 6.29 Å². The van der Waals surface area contributed by atoms with Crippen LogP contribution in [0.2, 0.25) is 0 Å². The topological polar surface area (TPSA) is 171 Å². The Morgan fingerprint density at radius 2 is 1.49 bits per heavy atom. The van der Waals surface area contributed by atoms with Crippen LogP contribution in [-0.2, 0) is 56.7 Å². The van der Waals surface area contributed by atoms with Crippen LogP contribution in [0.25, 0.3) is 0 Å². The lowest BCUT2D eigenvalue weighted by molar-refractivity contribution is -0.231. The summed E-state index contributed by atoms with van der Waals surface area (Å²) in [4.78, 5) is 47.9. The number of para-hydroxylation sites is 1. The number of carbonyl (C=O) groups is 4. The Morgan fingerprint density at radius 1 is 0.884 bits per heavy atom. The molecule has 0 aliphatic carbocycles. The van der Waals surface area contributed by atoms with Crippen LogP contribution in [0.5, 0.6) is 5.75 Å². The van der Waals surface area contributed by atoms with E-state index < -0.39 is 87.8 Å². The van der Waals surface area contributed by atoms with Crippen molar-refractivity contribution < 1.29 is 65.6 Å². The van der Waals surface area contributed by atoms with Crippen molar-refractivity contribution in [3.8, 4) is 5.75 Å². The Hall–Kier alpha value is -3.10. The Balaban J connectivity index is 3.65. The van der Waals surface area contributed by atoms with Gasteiger partial charge in [-0.05, 0) is 39.8 Å². The number of nitrogens with one attached hydrogen (secondary N) is 1. The molecule has 1 rings (SSSR count). The molecule has 0 heterocycles. The fourth-order valence-corrected chi connectivity index (χ4v) is 5.04. The van der Waals surface area contributed by atoms with Crippen molar-refractivity contribution >= 4 is 31.6 Å². The van der Waals surface area contributed by atoms with E-state index >= 15 is 4.39 Å².